The zero-order valence-corrected chi connectivity index (χ0v) is 13.5. The van der Waals surface area contributed by atoms with E-state index < -0.39 is 0 Å². The second-order valence-corrected chi connectivity index (χ2v) is 5.87. The Bertz CT molecular complexity index is 442. The van der Waals surface area contributed by atoms with Crippen molar-refractivity contribution in [2.24, 2.45) is 11.7 Å². The molecule has 2 rings (SSSR count). The number of rotatable bonds is 6. The maximum Gasteiger partial charge on any atom is 0.123 e. The third-order valence-corrected chi connectivity index (χ3v) is 4.58. The lowest BCUT2D eigenvalue weighted by molar-refractivity contribution is 0.172. The van der Waals surface area contributed by atoms with Gasteiger partial charge in [-0.25, -0.2) is 0 Å². The van der Waals surface area contributed by atoms with Gasteiger partial charge in [-0.15, -0.1) is 0 Å². The van der Waals surface area contributed by atoms with Gasteiger partial charge in [0.15, 0.2) is 0 Å². The van der Waals surface area contributed by atoms with E-state index in [0.717, 1.165) is 42.6 Å². The number of likely N-dealkylation sites (tertiary alicyclic amines) is 1. The molecule has 1 fully saturated rings. The molecule has 0 bridgehead atoms. The highest BCUT2D eigenvalue weighted by molar-refractivity contribution is 5.42. The van der Waals surface area contributed by atoms with Gasteiger partial charge in [0.25, 0.3) is 0 Å². The van der Waals surface area contributed by atoms with Gasteiger partial charge in [0.1, 0.15) is 11.5 Å². The van der Waals surface area contributed by atoms with Crippen LogP contribution in [0.5, 0.6) is 11.5 Å². The minimum absolute atomic E-state index is 0.0479. The summed E-state index contributed by atoms with van der Waals surface area (Å²) < 4.78 is 10.7. The molecule has 1 saturated heterocycles. The van der Waals surface area contributed by atoms with Gasteiger partial charge < -0.3 is 20.1 Å². The van der Waals surface area contributed by atoms with Crippen molar-refractivity contribution >= 4 is 0 Å². The molecule has 1 aromatic rings. The minimum Gasteiger partial charge on any atom is -0.497 e. The fourth-order valence-corrected chi connectivity index (χ4v) is 3.08. The summed E-state index contributed by atoms with van der Waals surface area (Å²) in [5.41, 5.74) is 7.44. The molecule has 0 saturated carbocycles. The van der Waals surface area contributed by atoms with Crippen molar-refractivity contribution in [2.75, 3.05) is 33.9 Å². The second-order valence-electron chi connectivity index (χ2n) is 5.87. The van der Waals surface area contributed by atoms with Crippen LogP contribution >= 0.6 is 0 Å². The van der Waals surface area contributed by atoms with Crippen LogP contribution in [0.2, 0.25) is 0 Å². The van der Waals surface area contributed by atoms with E-state index in [4.69, 9.17) is 15.2 Å². The predicted molar refractivity (Wildman–Crippen MR) is 85.9 cm³/mol. The number of hydrogen-bond acceptors (Lipinski definition) is 4. The predicted octanol–water partition coefficient (Wildman–Crippen LogP) is 2.83. The van der Waals surface area contributed by atoms with Crippen LogP contribution in [0.3, 0.4) is 0 Å². The van der Waals surface area contributed by atoms with E-state index in [1.54, 1.807) is 14.2 Å². The first-order valence-electron chi connectivity index (χ1n) is 7.87. The van der Waals surface area contributed by atoms with E-state index >= 15 is 0 Å². The molecule has 21 heavy (non-hydrogen) atoms. The maximum atomic E-state index is 6.42. The number of benzene rings is 1. The second kappa shape index (κ2) is 7.66. The van der Waals surface area contributed by atoms with E-state index in [-0.39, 0.29) is 6.04 Å². The summed E-state index contributed by atoms with van der Waals surface area (Å²) >= 11 is 0. The Labute approximate surface area is 128 Å². The van der Waals surface area contributed by atoms with Gasteiger partial charge >= 0.3 is 0 Å². The first kappa shape index (κ1) is 16.1. The van der Waals surface area contributed by atoms with Crippen molar-refractivity contribution in [3.05, 3.63) is 23.8 Å². The lowest BCUT2D eigenvalue weighted by Crippen LogP contribution is -2.38. The quantitative estimate of drug-likeness (QED) is 0.876. The van der Waals surface area contributed by atoms with Crippen molar-refractivity contribution in [3.63, 3.8) is 0 Å². The Kier molecular flexibility index (Phi) is 5.88. The molecule has 0 spiro atoms. The van der Waals surface area contributed by atoms with Gasteiger partial charge in [-0.2, -0.15) is 0 Å². The van der Waals surface area contributed by atoms with Crippen molar-refractivity contribution < 1.29 is 9.47 Å². The average Bonchev–Trinajstić information content (AvgIpc) is 2.54. The largest absolute Gasteiger partial charge is 0.497 e. The van der Waals surface area contributed by atoms with Gasteiger partial charge in [0.05, 0.1) is 14.2 Å². The van der Waals surface area contributed by atoms with Gasteiger partial charge in [0.2, 0.25) is 0 Å². The SMILES string of the molecule is CCC1CCN(CC(N)c2cc(OC)ccc2OC)CC1. The number of nitrogens with two attached hydrogens (primary N) is 1. The molecule has 4 heteroatoms. The zero-order chi connectivity index (χ0) is 15.2. The minimum atomic E-state index is -0.0479. The molecule has 118 valence electrons. The monoisotopic (exact) mass is 292 g/mol. The molecule has 4 nitrogen and oxygen atoms in total. The summed E-state index contributed by atoms with van der Waals surface area (Å²) in [6, 6.07) is 5.77. The van der Waals surface area contributed by atoms with E-state index in [1.807, 2.05) is 18.2 Å². The van der Waals surface area contributed by atoms with E-state index in [0.29, 0.717) is 0 Å². The standard InChI is InChI=1S/C17H28N2O2/c1-4-13-7-9-19(10-8-13)12-16(18)15-11-14(20-2)5-6-17(15)21-3/h5-6,11,13,16H,4,7-10,12,18H2,1-3H3. The zero-order valence-electron chi connectivity index (χ0n) is 13.5. The Hall–Kier alpha value is -1.26. The normalized spacial score (nSPS) is 18.5. The number of hydrogen-bond donors (Lipinski definition) is 1. The van der Waals surface area contributed by atoms with Crippen LogP contribution in [0, 0.1) is 5.92 Å². The molecule has 1 aliphatic rings. The fraction of sp³-hybridized carbons (Fsp3) is 0.647. The molecule has 0 aliphatic carbocycles. The molecule has 1 aliphatic heterocycles. The van der Waals surface area contributed by atoms with Gasteiger partial charge in [0, 0.05) is 18.2 Å². The molecule has 1 atom stereocenters. The summed E-state index contributed by atoms with van der Waals surface area (Å²) in [4.78, 5) is 2.47. The first-order chi connectivity index (χ1) is 10.2. The summed E-state index contributed by atoms with van der Waals surface area (Å²) in [5, 5.41) is 0. The maximum absolute atomic E-state index is 6.42. The van der Waals surface area contributed by atoms with Crippen LogP contribution in [0.15, 0.2) is 18.2 Å². The van der Waals surface area contributed by atoms with Crippen molar-refractivity contribution in [1.29, 1.82) is 0 Å². The number of methoxy groups -OCH3 is 2. The lowest BCUT2D eigenvalue weighted by Gasteiger charge is -2.33. The number of nitrogens with zero attached hydrogens (tertiary/aromatic N) is 1. The molecule has 0 aromatic heterocycles. The molecular formula is C17H28N2O2. The van der Waals surface area contributed by atoms with Crippen LogP contribution in [0.25, 0.3) is 0 Å². The van der Waals surface area contributed by atoms with Crippen molar-refractivity contribution in [3.8, 4) is 11.5 Å². The highest BCUT2D eigenvalue weighted by Gasteiger charge is 2.21. The first-order valence-corrected chi connectivity index (χ1v) is 7.87. The van der Waals surface area contributed by atoms with E-state index in [9.17, 15) is 0 Å². The van der Waals surface area contributed by atoms with Gasteiger partial charge in [-0.05, 0) is 50.0 Å². The summed E-state index contributed by atoms with van der Waals surface area (Å²) in [7, 11) is 3.36. The Morgan fingerprint density at radius 1 is 1.24 bits per heavy atom. The van der Waals surface area contributed by atoms with Crippen LogP contribution in [-0.4, -0.2) is 38.8 Å². The number of ether oxygens (including phenoxy) is 2. The Morgan fingerprint density at radius 2 is 1.95 bits per heavy atom. The van der Waals surface area contributed by atoms with E-state index in [1.165, 1.54) is 19.3 Å². The topological polar surface area (TPSA) is 47.7 Å². The summed E-state index contributed by atoms with van der Waals surface area (Å²) in [6.45, 7) is 5.46. The molecule has 1 heterocycles. The highest BCUT2D eigenvalue weighted by atomic mass is 16.5. The fourth-order valence-electron chi connectivity index (χ4n) is 3.08. The highest BCUT2D eigenvalue weighted by Crippen LogP contribution is 2.29. The van der Waals surface area contributed by atoms with Crippen LogP contribution < -0.4 is 15.2 Å². The van der Waals surface area contributed by atoms with Gasteiger partial charge in [-0.3, -0.25) is 0 Å². The van der Waals surface area contributed by atoms with E-state index in [2.05, 4.69) is 11.8 Å². The molecule has 0 radical (unpaired) electrons. The van der Waals surface area contributed by atoms with Crippen molar-refractivity contribution in [1.82, 2.24) is 4.90 Å². The van der Waals surface area contributed by atoms with Crippen LogP contribution in [0.4, 0.5) is 0 Å². The number of piperidine rings is 1. The summed E-state index contributed by atoms with van der Waals surface area (Å²) in [5.74, 6) is 2.56. The van der Waals surface area contributed by atoms with Crippen molar-refractivity contribution in [2.45, 2.75) is 32.2 Å². The third-order valence-electron chi connectivity index (χ3n) is 4.58. The lowest BCUT2D eigenvalue weighted by atomic mass is 9.94. The molecule has 1 unspecified atom stereocenters. The summed E-state index contributed by atoms with van der Waals surface area (Å²) in [6.07, 6.45) is 3.88. The molecule has 1 aromatic carbocycles. The third kappa shape index (κ3) is 4.11. The molecule has 2 N–H and O–H groups in total. The molecular weight excluding hydrogens is 264 g/mol. The molecule has 0 amide bonds. The van der Waals surface area contributed by atoms with Crippen LogP contribution in [-0.2, 0) is 0 Å². The smallest absolute Gasteiger partial charge is 0.123 e. The Morgan fingerprint density at radius 3 is 2.52 bits per heavy atom. The average molecular weight is 292 g/mol. The Balaban J connectivity index is 2.01. The van der Waals surface area contributed by atoms with Gasteiger partial charge in [-0.1, -0.05) is 13.3 Å². The van der Waals surface area contributed by atoms with Crippen LogP contribution in [0.1, 0.15) is 37.8 Å².